The maximum atomic E-state index is 2.43. The summed E-state index contributed by atoms with van der Waals surface area (Å²) in [5, 5.41) is 0. The quantitative estimate of drug-likeness (QED) is 0.521. The Hall–Kier alpha value is -0.780. The fourth-order valence-electron chi connectivity index (χ4n) is 4.68. The number of benzene rings is 1. The Labute approximate surface area is 137 Å². The number of rotatable bonds is 6. The molecule has 0 heteroatoms. The number of hydrogen-bond acceptors (Lipinski definition) is 0. The highest BCUT2D eigenvalue weighted by Crippen LogP contribution is 2.32. The smallest absolute Gasteiger partial charge is 0.0248 e. The summed E-state index contributed by atoms with van der Waals surface area (Å²) in [6.45, 7) is 2.43. The molecule has 0 aromatic heterocycles. The lowest BCUT2D eigenvalue weighted by molar-refractivity contribution is 0.270. The third-order valence-electron chi connectivity index (χ3n) is 6.31. The van der Waals surface area contributed by atoms with Crippen LogP contribution in [0.4, 0.5) is 0 Å². The molecular weight excluding hydrogens is 264 g/mol. The molecule has 1 unspecified atom stereocenters. The maximum Gasteiger partial charge on any atom is -0.0248 e. The summed E-state index contributed by atoms with van der Waals surface area (Å²) in [6.07, 6.45) is 17.5. The standard InChI is InChI=1S/C22H34/c1-18-11-13-19(14-12-18)7-3-2-4-8-20-15-16-21-9-5-6-10-22(21)17-20/h5-6,9-10,18-20H,2-4,7-8,11-17H2,1H3. The van der Waals surface area contributed by atoms with E-state index in [4.69, 9.17) is 0 Å². The lowest BCUT2D eigenvalue weighted by atomic mass is 9.80. The molecule has 22 heavy (non-hydrogen) atoms. The molecule has 2 aliphatic rings. The fraction of sp³-hybridized carbons (Fsp3) is 0.727. The van der Waals surface area contributed by atoms with Crippen LogP contribution in [0.25, 0.3) is 0 Å². The summed E-state index contributed by atoms with van der Waals surface area (Å²) in [4.78, 5) is 0. The summed E-state index contributed by atoms with van der Waals surface area (Å²) in [5.74, 6) is 3.04. The molecule has 0 spiro atoms. The number of fused-ring (bicyclic) bond motifs is 1. The van der Waals surface area contributed by atoms with Gasteiger partial charge in [-0.05, 0) is 48.1 Å². The van der Waals surface area contributed by atoms with Gasteiger partial charge >= 0.3 is 0 Å². The van der Waals surface area contributed by atoms with E-state index in [9.17, 15) is 0 Å². The van der Waals surface area contributed by atoms with Gasteiger partial charge in [0, 0.05) is 0 Å². The predicted octanol–water partition coefficient (Wildman–Crippen LogP) is 6.57. The zero-order valence-electron chi connectivity index (χ0n) is 14.5. The van der Waals surface area contributed by atoms with Crippen LogP contribution in [0, 0.1) is 17.8 Å². The Balaban J connectivity index is 1.28. The average molecular weight is 299 g/mol. The lowest BCUT2D eigenvalue weighted by Gasteiger charge is -2.26. The van der Waals surface area contributed by atoms with Crippen LogP contribution in [0.15, 0.2) is 24.3 Å². The van der Waals surface area contributed by atoms with E-state index in [1.165, 1.54) is 77.0 Å². The van der Waals surface area contributed by atoms with Gasteiger partial charge in [0.05, 0.1) is 0 Å². The normalized spacial score (nSPS) is 28.3. The van der Waals surface area contributed by atoms with E-state index in [-0.39, 0.29) is 0 Å². The Morgan fingerprint density at radius 2 is 1.45 bits per heavy atom. The average Bonchev–Trinajstić information content (AvgIpc) is 2.56. The van der Waals surface area contributed by atoms with Gasteiger partial charge in [-0.25, -0.2) is 0 Å². The molecule has 3 rings (SSSR count). The van der Waals surface area contributed by atoms with Crippen molar-refractivity contribution >= 4 is 0 Å². The van der Waals surface area contributed by atoms with E-state index in [1.54, 1.807) is 11.1 Å². The molecule has 0 bridgehead atoms. The van der Waals surface area contributed by atoms with Gasteiger partial charge in [0.25, 0.3) is 0 Å². The van der Waals surface area contributed by atoms with Crippen LogP contribution in [0.1, 0.15) is 82.3 Å². The van der Waals surface area contributed by atoms with Crippen molar-refractivity contribution < 1.29 is 0 Å². The van der Waals surface area contributed by atoms with E-state index in [1.807, 2.05) is 0 Å². The van der Waals surface area contributed by atoms with Crippen molar-refractivity contribution in [3.63, 3.8) is 0 Å². The van der Waals surface area contributed by atoms with Crippen LogP contribution in [0.2, 0.25) is 0 Å². The topological polar surface area (TPSA) is 0 Å². The first-order valence-corrected chi connectivity index (χ1v) is 9.88. The molecule has 0 N–H and O–H groups in total. The molecule has 0 radical (unpaired) electrons. The molecule has 0 aliphatic heterocycles. The van der Waals surface area contributed by atoms with Crippen molar-refractivity contribution in [1.29, 1.82) is 0 Å². The van der Waals surface area contributed by atoms with E-state index in [0.717, 1.165) is 17.8 Å². The Kier molecular flexibility index (Phi) is 5.98. The van der Waals surface area contributed by atoms with Crippen molar-refractivity contribution in [2.75, 3.05) is 0 Å². The summed E-state index contributed by atoms with van der Waals surface area (Å²) in [7, 11) is 0. The van der Waals surface area contributed by atoms with Crippen molar-refractivity contribution in [1.82, 2.24) is 0 Å². The van der Waals surface area contributed by atoms with Crippen LogP contribution in [0.3, 0.4) is 0 Å². The third kappa shape index (κ3) is 4.61. The second-order valence-electron chi connectivity index (χ2n) is 8.14. The van der Waals surface area contributed by atoms with E-state index >= 15 is 0 Å². The minimum absolute atomic E-state index is 0.963. The highest BCUT2D eigenvalue weighted by Gasteiger charge is 2.19. The Morgan fingerprint density at radius 1 is 0.773 bits per heavy atom. The molecule has 1 atom stereocenters. The van der Waals surface area contributed by atoms with Gasteiger partial charge in [0.2, 0.25) is 0 Å². The summed E-state index contributed by atoms with van der Waals surface area (Å²) < 4.78 is 0. The highest BCUT2D eigenvalue weighted by molar-refractivity contribution is 5.29. The van der Waals surface area contributed by atoms with Gasteiger partial charge in [-0.3, -0.25) is 0 Å². The van der Waals surface area contributed by atoms with E-state index < -0.39 is 0 Å². The Morgan fingerprint density at radius 3 is 2.23 bits per heavy atom. The van der Waals surface area contributed by atoms with Gasteiger partial charge in [0.15, 0.2) is 0 Å². The van der Waals surface area contributed by atoms with E-state index in [2.05, 4.69) is 31.2 Å². The van der Waals surface area contributed by atoms with Crippen LogP contribution >= 0.6 is 0 Å². The molecule has 1 aromatic rings. The Bertz CT molecular complexity index is 439. The van der Waals surface area contributed by atoms with Crippen LogP contribution in [-0.4, -0.2) is 0 Å². The summed E-state index contributed by atoms with van der Waals surface area (Å²) in [6, 6.07) is 9.10. The second kappa shape index (κ2) is 8.18. The number of unbranched alkanes of at least 4 members (excludes halogenated alkanes) is 2. The first kappa shape index (κ1) is 16.1. The zero-order chi connectivity index (χ0) is 15.2. The molecule has 1 aromatic carbocycles. The lowest BCUT2D eigenvalue weighted by Crippen LogP contribution is -2.14. The molecule has 2 aliphatic carbocycles. The third-order valence-corrected chi connectivity index (χ3v) is 6.31. The molecule has 1 saturated carbocycles. The van der Waals surface area contributed by atoms with Crippen molar-refractivity contribution in [3.05, 3.63) is 35.4 Å². The minimum atomic E-state index is 0.963. The molecule has 0 saturated heterocycles. The monoisotopic (exact) mass is 298 g/mol. The SMILES string of the molecule is CC1CCC(CCCCCC2CCc3ccccc3C2)CC1. The van der Waals surface area contributed by atoms with Crippen LogP contribution < -0.4 is 0 Å². The van der Waals surface area contributed by atoms with E-state index in [0.29, 0.717) is 0 Å². The molecule has 0 heterocycles. The zero-order valence-corrected chi connectivity index (χ0v) is 14.5. The first-order chi connectivity index (χ1) is 10.8. The molecule has 0 nitrogen and oxygen atoms in total. The van der Waals surface area contributed by atoms with Crippen molar-refractivity contribution in [3.8, 4) is 0 Å². The van der Waals surface area contributed by atoms with Gasteiger partial charge in [-0.1, -0.05) is 89.0 Å². The highest BCUT2D eigenvalue weighted by atomic mass is 14.2. The van der Waals surface area contributed by atoms with Crippen molar-refractivity contribution in [2.45, 2.75) is 84.0 Å². The molecule has 122 valence electrons. The predicted molar refractivity (Wildman–Crippen MR) is 96.2 cm³/mol. The number of hydrogen-bond donors (Lipinski definition) is 0. The second-order valence-corrected chi connectivity index (χ2v) is 8.14. The first-order valence-electron chi connectivity index (χ1n) is 9.88. The van der Waals surface area contributed by atoms with Crippen LogP contribution in [0.5, 0.6) is 0 Å². The van der Waals surface area contributed by atoms with Gasteiger partial charge in [-0.15, -0.1) is 0 Å². The number of aryl methyl sites for hydroxylation is 1. The summed E-state index contributed by atoms with van der Waals surface area (Å²) in [5.41, 5.74) is 3.25. The largest absolute Gasteiger partial charge is 0.0625 e. The van der Waals surface area contributed by atoms with Crippen LogP contribution in [-0.2, 0) is 12.8 Å². The molecule has 0 amide bonds. The molecular formula is C22H34. The van der Waals surface area contributed by atoms with Crippen molar-refractivity contribution in [2.24, 2.45) is 17.8 Å². The minimum Gasteiger partial charge on any atom is -0.0625 e. The summed E-state index contributed by atoms with van der Waals surface area (Å²) >= 11 is 0. The maximum absolute atomic E-state index is 2.43. The van der Waals surface area contributed by atoms with Gasteiger partial charge in [-0.2, -0.15) is 0 Å². The molecule has 1 fully saturated rings. The van der Waals surface area contributed by atoms with Gasteiger partial charge in [0.1, 0.15) is 0 Å². The fourth-order valence-corrected chi connectivity index (χ4v) is 4.68. The van der Waals surface area contributed by atoms with Gasteiger partial charge < -0.3 is 0 Å².